The van der Waals surface area contributed by atoms with Crippen LogP contribution in [0.15, 0.2) is 24.3 Å². The summed E-state index contributed by atoms with van der Waals surface area (Å²) in [7, 11) is 0. The van der Waals surface area contributed by atoms with E-state index in [9.17, 15) is 9.59 Å². The van der Waals surface area contributed by atoms with E-state index in [1.54, 1.807) is 31.2 Å². The first-order valence-corrected chi connectivity index (χ1v) is 7.30. The second-order valence-corrected chi connectivity index (χ2v) is 4.75. The van der Waals surface area contributed by atoms with Gasteiger partial charge in [-0.25, -0.2) is 0 Å². The molecule has 0 aliphatic heterocycles. The average molecular weight is 314 g/mol. The summed E-state index contributed by atoms with van der Waals surface area (Å²) in [5, 5.41) is 3.37. The van der Waals surface area contributed by atoms with Crippen LogP contribution < -0.4 is 10.1 Å². The number of rotatable bonds is 9. The smallest absolute Gasteiger partial charge is 0.305 e. The predicted molar refractivity (Wildman–Crippen MR) is 80.4 cm³/mol. The van der Waals surface area contributed by atoms with Crippen LogP contribution in [0, 0.1) is 0 Å². The Bertz CT molecular complexity index is 447. The summed E-state index contributed by atoms with van der Waals surface area (Å²) in [6.07, 6.45) is 1.15. The van der Waals surface area contributed by atoms with Gasteiger partial charge >= 0.3 is 5.97 Å². The molecule has 5 nitrogen and oxygen atoms in total. The van der Waals surface area contributed by atoms with E-state index >= 15 is 0 Å². The molecule has 0 aliphatic carbocycles. The van der Waals surface area contributed by atoms with Crippen LogP contribution in [-0.4, -0.2) is 31.6 Å². The van der Waals surface area contributed by atoms with Gasteiger partial charge in [-0.05, 0) is 37.6 Å². The van der Waals surface area contributed by atoms with Gasteiger partial charge in [0.1, 0.15) is 5.75 Å². The highest BCUT2D eigenvalue weighted by Gasteiger charge is 2.04. The molecule has 0 bridgehead atoms. The van der Waals surface area contributed by atoms with Crippen molar-refractivity contribution in [3.05, 3.63) is 29.3 Å². The van der Waals surface area contributed by atoms with Gasteiger partial charge in [-0.1, -0.05) is 11.6 Å². The summed E-state index contributed by atoms with van der Waals surface area (Å²) < 4.78 is 10.2. The minimum absolute atomic E-state index is 0.104. The molecule has 0 unspecified atom stereocenters. The molecule has 0 radical (unpaired) electrons. The monoisotopic (exact) mass is 313 g/mol. The van der Waals surface area contributed by atoms with Crippen molar-refractivity contribution >= 4 is 23.5 Å². The fraction of sp³-hybridized carbons (Fsp3) is 0.467. The summed E-state index contributed by atoms with van der Waals surface area (Å²) in [5.74, 6) is 0.333. The number of benzene rings is 1. The minimum atomic E-state index is -0.238. The van der Waals surface area contributed by atoms with Crippen molar-refractivity contribution in [2.24, 2.45) is 0 Å². The fourth-order valence-corrected chi connectivity index (χ4v) is 1.70. The normalized spacial score (nSPS) is 10.0. The van der Waals surface area contributed by atoms with Crippen molar-refractivity contribution in [1.82, 2.24) is 5.32 Å². The van der Waals surface area contributed by atoms with E-state index in [-0.39, 0.29) is 18.3 Å². The van der Waals surface area contributed by atoms with E-state index in [0.29, 0.717) is 43.4 Å². The van der Waals surface area contributed by atoms with Crippen molar-refractivity contribution in [1.29, 1.82) is 0 Å². The van der Waals surface area contributed by atoms with E-state index in [0.717, 1.165) is 0 Å². The molecule has 1 aromatic carbocycles. The molecule has 0 saturated heterocycles. The number of esters is 1. The van der Waals surface area contributed by atoms with Crippen LogP contribution in [0.1, 0.15) is 26.2 Å². The largest absolute Gasteiger partial charge is 0.493 e. The number of carbonyl (C=O) groups excluding carboxylic acids is 2. The molecule has 0 aliphatic rings. The highest BCUT2D eigenvalue weighted by Crippen LogP contribution is 2.15. The van der Waals surface area contributed by atoms with Crippen LogP contribution in [0.25, 0.3) is 0 Å². The van der Waals surface area contributed by atoms with Crippen molar-refractivity contribution in [2.75, 3.05) is 19.8 Å². The molecule has 0 spiro atoms. The lowest BCUT2D eigenvalue weighted by Gasteiger charge is -2.07. The molecular formula is C15H20ClNO4. The lowest BCUT2D eigenvalue weighted by Crippen LogP contribution is -2.26. The molecule has 0 aromatic heterocycles. The van der Waals surface area contributed by atoms with Gasteiger partial charge in [-0.15, -0.1) is 0 Å². The Morgan fingerprint density at radius 3 is 2.57 bits per heavy atom. The number of ether oxygens (including phenoxy) is 2. The van der Waals surface area contributed by atoms with Gasteiger partial charge in [0.05, 0.1) is 19.6 Å². The summed E-state index contributed by atoms with van der Waals surface area (Å²) in [6, 6.07) is 6.96. The molecule has 0 saturated carbocycles. The predicted octanol–water partition coefficient (Wildman–Crippen LogP) is 2.57. The summed E-state index contributed by atoms with van der Waals surface area (Å²) in [5.41, 5.74) is 0. The fourth-order valence-electron chi connectivity index (χ4n) is 1.57. The Balaban J connectivity index is 2.06. The Kier molecular flexibility index (Phi) is 8.28. The molecule has 1 amide bonds. The maximum absolute atomic E-state index is 11.5. The number of carbonyl (C=O) groups is 2. The van der Waals surface area contributed by atoms with Gasteiger partial charge in [0, 0.05) is 18.0 Å². The number of hydrogen-bond acceptors (Lipinski definition) is 4. The highest BCUT2D eigenvalue weighted by atomic mass is 35.5. The first-order valence-electron chi connectivity index (χ1n) is 6.92. The highest BCUT2D eigenvalue weighted by molar-refractivity contribution is 6.30. The van der Waals surface area contributed by atoms with Crippen LogP contribution in [0.2, 0.25) is 5.02 Å². The van der Waals surface area contributed by atoms with Crippen molar-refractivity contribution in [3.63, 3.8) is 0 Å². The van der Waals surface area contributed by atoms with Crippen LogP contribution in [0.4, 0.5) is 0 Å². The third-order valence-corrected chi connectivity index (χ3v) is 2.85. The van der Waals surface area contributed by atoms with Crippen molar-refractivity contribution in [3.8, 4) is 5.75 Å². The van der Waals surface area contributed by atoms with Crippen molar-refractivity contribution in [2.45, 2.75) is 26.2 Å². The number of amides is 1. The van der Waals surface area contributed by atoms with Gasteiger partial charge in [-0.3, -0.25) is 9.59 Å². The Labute approximate surface area is 129 Å². The molecule has 0 atom stereocenters. The van der Waals surface area contributed by atoms with Gasteiger partial charge in [0.15, 0.2) is 0 Å². The third kappa shape index (κ3) is 8.19. The lowest BCUT2D eigenvalue weighted by atomic mass is 10.3. The molecule has 21 heavy (non-hydrogen) atoms. The quantitative estimate of drug-likeness (QED) is 0.562. The summed E-state index contributed by atoms with van der Waals surface area (Å²) in [4.78, 5) is 22.6. The van der Waals surface area contributed by atoms with Gasteiger partial charge in [-0.2, -0.15) is 0 Å². The summed E-state index contributed by atoms with van der Waals surface area (Å²) >= 11 is 5.76. The molecule has 116 valence electrons. The van der Waals surface area contributed by atoms with E-state index in [1.165, 1.54) is 0 Å². The number of hydrogen-bond donors (Lipinski definition) is 1. The summed E-state index contributed by atoms with van der Waals surface area (Å²) in [6.45, 7) is 2.90. The molecular weight excluding hydrogens is 294 g/mol. The molecule has 1 rings (SSSR count). The van der Waals surface area contributed by atoms with E-state index < -0.39 is 0 Å². The van der Waals surface area contributed by atoms with Crippen molar-refractivity contribution < 1.29 is 19.1 Å². The first kappa shape index (κ1) is 17.3. The molecule has 0 heterocycles. The molecule has 6 heteroatoms. The van der Waals surface area contributed by atoms with Gasteiger partial charge in [0.2, 0.25) is 5.91 Å². The second-order valence-electron chi connectivity index (χ2n) is 4.31. The first-order chi connectivity index (χ1) is 10.1. The minimum Gasteiger partial charge on any atom is -0.493 e. The van der Waals surface area contributed by atoms with Crippen LogP contribution >= 0.6 is 11.6 Å². The second kappa shape index (κ2) is 10.0. The molecule has 1 N–H and O–H groups in total. The Hall–Kier alpha value is -1.75. The maximum Gasteiger partial charge on any atom is 0.305 e. The standard InChI is InChI=1S/C15H20ClNO4/c1-2-20-15(19)4-3-10-17-14(18)9-11-21-13-7-5-12(16)6-8-13/h5-8H,2-4,9-11H2,1H3,(H,17,18). The Morgan fingerprint density at radius 1 is 1.19 bits per heavy atom. The molecule has 0 fully saturated rings. The van der Waals surface area contributed by atoms with Gasteiger partial charge < -0.3 is 14.8 Å². The zero-order valence-corrected chi connectivity index (χ0v) is 12.8. The van der Waals surface area contributed by atoms with Crippen LogP contribution in [-0.2, 0) is 14.3 Å². The van der Waals surface area contributed by atoms with E-state index in [2.05, 4.69) is 5.32 Å². The van der Waals surface area contributed by atoms with E-state index in [1.807, 2.05) is 0 Å². The average Bonchev–Trinajstić information content (AvgIpc) is 2.46. The lowest BCUT2D eigenvalue weighted by molar-refractivity contribution is -0.143. The third-order valence-electron chi connectivity index (χ3n) is 2.60. The number of halogens is 1. The maximum atomic E-state index is 11.5. The SMILES string of the molecule is CCOC(=O)CCCNC(=O)CCOc1ccc(Cl)cc1. The van der Waals surface area contributed by atoms with Gasteiger partial charge in [0.25, 0.3) is 0 Å². The zero-order valence-electron chi connectivity index (χ0n) is 12.1. The topological polar surface area (TPSA) is 64.6 Å². The van der Waals surface area contributed by atoms with Crippen LogP contribution in [0.5, 0.6) is 5.75 Å². The van der Waals surface area contributed by atoms with Crippen LogP contribution in [0.3, 0.4) is 0 Å². The molecule has 1 aromatic rings. The number of nitrogens with one attached hydrogen (secondary N) is 1. The Morgan fingerprint density at radius 2 is 1.90 bits per heavy atom. The zero-order chi connectivity index (χ0) is 15.5. The van der Waals surface area contributed by atoms with E-state index in [4.69, 9.17) is 21.1 Å².